The normalized spacial score (nSPS) is 13.1. The Balaban J connectivity index is 2.02. The van der Waals surface area contributed by atoms with Crippen molar-refractivity contribution in [3.63, 3.8) is 0 Å². The van der Waals surface area contributed by atoms with Crippen molar-refractivity contribution in [1.82, 2.24) is 5.32 Å². The van der Waals surface area contributed by atoms with Crippen LogP contribution in [0.4, 0.5) is 5.69 Å². The molecule has 8 heteroatoms. The fraction of sp³-hybridized carbons (Fsp3) is 0.240. The predicted octanol–water partition coefficient (Wildman–Crippen LogP) is 4.72. The SMILES string of the molecule is COc1ccc(Cl)cc1N([C@@H](C)C(=O)N[C@H](c1ccccc1)c1ccccc1C)S(C)(=O)=O. The molecule has 6 nitrogen and oxygen atoms in total. The van der Waals surface area contributed by atoms with Gasteiger partial charge in [-0.2, -0.15) is 0 Å². The molecule has 0 fully saturated rings. The number of benzene rings is 3. The van der Waals surface area contributed by atoms with E-state index in [0.29, 0.717) is 10.8 Å². The Labute approximate surface area is 200 Å². The van der Waals surface area contributed by atoms with Crippen molar-refractivity contribution in [3.05, 3.63) is 94.5 Å². The first kappa shape index (κ1) is 24.6. The Morgan fingerprint density at radius 1 is 1.03 bits per heavy atom. The molecular formula is C25H27ClN2O4S. The van der Waals surface area contributed by atoms with Gasteiger partial charge >= 0.3 is 0 Å². The summed E-state index contributed by atoms with van der Waals surface area (Å²) in [6.07, 6.45) is 1.05. The van der Waals surface area contributed by atoms with E-state index in [-0.39, 0.29) is 5.69 Å². The monoisotopic (exact) mass is 486 g/mol. The van der Waals surface area contributed by atoms with Gasteiger partial charge in [0.2, 0.25) is 15.9 Å². The molecule has 0 spiro atoms. The lowest BCUT2D eigenvalue weighted by atomic mass is 9.94. The standard InChI is InChI=1S/C25H27ClN2O4S/c1-17-10-8-9-13-21(17)24(19-11-6-5-7-12-19)27-25(29)18(2)28(33(4,30)31)22-16-20(26)14-15-23(22)32-3/h5-16,18,24H,1-4H3,(H,27,29)/t18-,24+/m0/s1. The van der Waals surface area contributed by atoms with Crippen LogP contribution in [0.5, 0.6) is 5.75 Å². The third kappa shape index (κ3) is 5.67. The second-order valence-electron chi connectivity index (χ2n) is 7.76. The summed E-state index contributed by atoms with van der Waals surface area (Å²) in [5, 5.41) is 3.37. The molecule has 0 aliphatic heterocycles. The molecule has 33 heavy (non-hydrogen) atoms. The summed E-state index contributed by atoms with van der Waals surface area (Å²) < 4.78 is 31.9. The summed E-state index contributed by atoms with van der Waals surface area (Å²) >= 11 is 6.14. The van der Waals surface area contributed by atoms with Crippen LogP contribution in [0.3, 0.4) is 0 Å². The van der Waals surface area contributed by atoms with Gasteiger partial charge in [0.25, 0.3) is 0 Å². The third-order valence-corrected chi connectivity index (χ3v) is 6.85. The average molecular weight is 487 g/mol. The summed E-state index contributed by atoms with van der Waals surface area (Å²) in [5.74, 6) is -0.164. The van der Waals surface area contributed by atoms with Crippen LogP contribution < -0.4 is 14.4 Å². The van der Waals surface area contributed by atoms with E-state index in [1.165, 1.54) is 20.1 Å². The van der Waals surface area contributed by atoms with Crippen molar-refractivity contribution in [1.29, 1.82) is 0 Å². The first-order valence-electron chi connectivity index (χ1n) is 10.4. The number of sulfonamides is 1. The van der Waals surface area contributed by atoms with Gasteiger partial charge in [-0.1, -0.05) is 66.2 Å². The molecule has 0 unspecified atom stereocenters. The Morgan fingerprint density at radius 2 is 1.67 bits per heavy atom. The Bertz CT molecular complexity index is 1230. The minimum atomic E-state index is -3.85. The fourth-order valence-corrected chi connectivity index (χ4v) is 5.11. The number of methoxy groups -OCH3 is 1. The van der Waals surface area contributed by atoms with E-state index in [1.54, 1.807) is 12.1 Å². The average Bonchev–Trinajstić information content (AvgIpc) is 2.78. The molecule has 0 aliphatic rings. The zero-order valence-electron chi connectivity index (χ0n) is 18.9. The van der Waals surface area contributed by atoms with E-state index >= 15 is 0 Å². The number of hydrogen-bond acceptors (Lipinski definition) is 4. The number of hydrogen-bond donors (Lipinski definition) is 1. The molecule has 0 saturated carbocycles. The zero-order chi connectivity index (χ0) is 24.2. The lowest BCUT2D eigenvalue weighted by Gasteiger charge is -2.31. The first-order valence-corrected chi connectivity index (χ1v) is 12.6. The van der Waals surface area contributed by atoms with E-state index < -0.39 is 28.0 Å². The summed E-state index contributed by atoms with van der Waals surface area (Å²) in [6.45, 7) is 3.51. The van der Waals surface area contributed by atoms with Crippen molar-refractivity contribution in [2.45, 2.75) is 25.9 Å². The maximum atomic E-state index is 13.5. The molecule has 3 aromatic rings. The number of halogens is 1. The molecule has 3 aromatic carbocycles. The van der Waals surface area contributed by atoms with Crippen LogP contribution >= 0.6 is 11.6 Å². The molecule has 0 aliphatic carbocycles. The lowest BCUT2D eigenvalue weighted by Crippen LogP contribution is -2.49. The van der Waals surface area contributed by atoms with Gasteiger partial charge < -0.3 is 10.1 Å². The molecular weight excluding hydrogens is 460 g/mol. The topological polar surface area (TPSA) is 75.7 Å². The molecule has 0 aromatic heterocycles. The van der Waals surface area contributed by atoms with Crippen LogP contribution in [0.15, 0.2) is 72.8 Å². The van der Waals surface area contributed by atoms with Crippen LogP contribution in [0, 0.1) is 6.92 Å². The zero-order valence-corrected chi connectivity index (χ0v) is 20.5. The highest BCUT2D eigenvalue weighted by Crippen LogP contribution is 2.34. The summed E-state index contributed by atoms with van der Waals surface area (Å²) in [4.78, 5) is 13.5. The third-order valence-electron chi connectivity index (χ3n) is 5.39. The predicted molar refractivity (Wildman–Crippen MR) is 132 cm³/mol. The first-order chi connectivity index (χ1) is 15.6. The van der Waals surface area contributed by atoms with Crippen molar-refractivity contribution in [3.8, 4) is 5.75 Å². The number of nitrogens with zero attached hydrogens (tertiary/aromatic N) is 1. The van der Waals surface area contributed by atoms with E-state index in [2.05, 4.69) is 5.32 Å². The summed E-state index contributed by atoms with van der Waals surface area (Å²) in [7, 11) is -2.42. The van der Waals surface area contributed by atoms with Crippen molar-refractivity contribution < 1.29 is 17.9 Å². The van der Waals surface area contributed by atoms with E-state index in [9.17, 15) is 13.2 Å². The number of aryl methyl sites for hydroxylation is 1. The lowest BCUT2D eigenvalue weighted by molar-refractivity contribution is -0.122. The maximum absolute atomic E-state index is 13.5. The number of carbonyl (C=O) groups excluding carboxylic acids is 1. The van der Waals surface area contributed by atoms with Crippen LogP contribution in [-0.2, 0) is 14.8 Å². The number of carbonyl (C=O) groups is 1. The van der Waals surface area contributed by atoms with Gasteiger partial charge in [0.05, 0.1) is 25.1 Å². The highest BCUT2D eigenvalue weighted by molar-refractivity contribution is 7.92. The highest BCUT2D eigenvalue weighted by atomic mass is 35.5. The molecule has 0 radical (unpaired) electrons. The molecule has 3 rings (SSSR count). The largest absolute Gasteiger partial charge is 0.495 e. The van der Waals surface area contributed by atoms with Crippen LogP contribution in [0.2, 0.25) is 5.02 Å². The van der Waals surface area contributed by atoms with Gasteiger partial charge in [-0.05, 0) is 48.7 Å². The number of amides is 1. The van der Waals surface area contributed by atoms with Crippen molar-refractivity contribution in [2.24, 2.45) is 0 Å². The van der Waals surface area contributed by atoms with E-state index in [0.717, 1.165) is 27.3 Å². The molecule has 1 amide bonds. The highest BCUT2D eigenvalue weighted by Gasteiger charge is 2.33. The van der Waals surface area contributed by atoms with Gasteiger partial charge in [-0.15, -0.1) is 0 Å². The van der Waals surface area contributed by atoms with Gasteiger partial charge in [-0.25, -0.2) is 8.42 Å². The smallest absolute Gasteiger partial charge is 0.244 e. The van der Waals surface area contributed by atoms with Crippen LogP contribution in [-0.4, -0.2) is 33.7 Å². The van der Waals surface area contributed by atoms with E-state index in [1.807, 2.05) is 61.5 Å². The Kier molecular flexibility index (Phi) is 7.66. The minimum absolute atomic E-state index is 0.197. The molecule has 2 atom stereocenters. The van der Waals surface area contributed by atoms with Crippen LogP contribution in [0.25, 0.3) is 0 Å². The fourth-order valence-electron chi connectivity index (χ4n) is 3.78. The van der Waals surface area contributed by atoms with Crippen LogP contribution in [0.1, 0.15) is 29.7 Å². The molecule has 0 bridgehead atoms. The Morgan fingerprint density at radius 3 is 2.27 bits per heavy atom. The second kappa shape index (κ2) is 10.3. The molecule has 0 saturated heterocycles. The summed E-state index contributed by atoms with van der Waals surface area (Å²) in [5.41, 5.74) is 3.02. The van der Waals surface area contributed by atoms with Crippen molar-refractivity contribution in [2.75, 3.05) is 17.7 Å². The van der Waals surface area contributed by atoms with Gasteiger partial charge in [0, 0.05) is 5.02 Å². The van der Waals surface area contributed by atoms with E-state index in [4.69, 9.17) is 16.3 Å². The molecule has 1 N–H and O–H groups in total. The number of anilines is 1. The quantitative estimate of drug-likeness (QED) is 0.500. The number of rotatable bonds is 8. The number of ether oxygens (including phenoxy) is 1. The van der Waals surface area contributed by atoms with Gasteiger partial charge in [0.1, 0.15) is 11.8 Å². The molecule has 0 heterocycles. The van der Waals surface area contributed by atoms with Crippen molar-refractivity contribution >= 4 is 33.2 Å². The van der Waals surface area contributed by atoms with Gasteiger partial charge in [-0.3, -0.25) is 9.10 Å². The van der Waals surface area contributed by atoms with Gasteiger partial charge in [0.15, 0.2) is 0 Å². The minimum Gasteiger partial charge on any atom is -0.495 e. The maximum Gasteiger partial charge on any atom is 0.244 e. The second-order valence-corrected chi connectivity index (χ2v) is 10.1. The molecule has 174 valence electrons. The Hall–Kier alpha value is -3.03. The summed E-state index contributed by atoms with van der Waals surface area (Å²) in [6, 6.07) is 20.4. The number of nitrogens with one attached hydrogen (secondary N) is 1.